The van der Waals surface area contributed by atoms with E-state index in [1.807, 2.05) is 0 Å². The van der Waals surface area contributed by atoms with E-state index < -0.39 is 0 Å². The molecule has 2 rings (SSSR count). The molecule has 2 unspecified atom stereocenters. The molecule has 0 aromatic carbocycles. The standard InChI is InChI=1S/C16H29NO2/c1-15(2,3)17-9-5-4-6-14-7-10-19-16(12-14)8-11-18-13-16/h4,6,14,17H,5,7-13H2,1-3H3. The van der Waals surface area contributed by atoms with Gasteiger partial charge in [-0.2, -0.15) is 0 Å². The summed E-state index contributed by atoms with van der Waals surface area (Å²) >= 11 is 0. The Hall–Kier alpha value is -0.380. The van der Waals surface area contributed by atoms with Crippen molar-refractivity contribution >= 4 is 0 Å². The van der Waals surface area contributed by atoms with Crippen LogP contribution < -0.4 is 5.32 Å². The second-order valence-electron chi connectivity index (χ2n) is 6.98. The van der Waals surface area contributed by atoms with Gasteiger partial charge in [-0.05, 0) is 52.5 Å². The van der Waals surface area contributed by atoms with Gasteiger partial charge in [-0.15, -0.1) is 0 Å². The Morgan fingerprint density at radius 1 is 1.32 bits per heavy atom. The zero-order chi connectivity index (χ0) is 13.8. The largest absolute Gasteiger partial charge is 0.378 e. The van der Waals surface area contributed by atoms with Gasteiger partial charge in [0.05, 0.1) is 12.2 Å². The van der Waals surface area contributed by atoms with Crippen molar-refractivity contribution in [2.24, 2.45) is 5.92 Å². The van der Waals surface area contributed by atoms with Crippen LogP contribution in [0.2, 0.25) is 0 Å². The molecule has 2 aliphatic rings. The van der Waals surface area contributed by atoms with Gasteiger partial charge in [0.2, 0.25) is 0 Å². The van der Waals surface area contributed by atoms with E-state index in [2.05, 4.69) is 38.2 Å². The summed E-state index contributed by atoms with van der Waals surface area (Å²) in [4.78, 5) is 0. The molecule has 0 amide bonds. The second kappa shape index (κ2) is 6.38. The molecular formula is C16H29NO2. The minimum atomic E-state index is 0.0386. The Labute approximate surface area is 117 Å². The fourth-order valence-electron chi connectivity index (χ4n) is 2.91. The topological polar surface area (TPSA) is 30.5 Å². The van der Waals surface area contributed by atoms with Crippen LogP contribution in [0.15, 0.2) is 12.2 Å². The highest BCUT2D eigenvalue weighted by Gasteiger charge is 2.40. The van der Waals surface area contributed by atoms with Gasteiger partial charge in [0.1, 0.15) is 0 Å². The summed E-state index contributed by atoms with van der Waals surface area (Å²) in [5, 5.41) is 3.51. The number of allylic oxidation sites excluding steroid dienone is 1. The molecule has 0 bridgehead atoms. The van der Waals surface area contributed by atoms with E-state index in [0.29, 0.717) is 5.92 Å². The van der Waals surface area contributed by atoms with Gasteiger partial charge in [-0.1, -0.05) is 12.2 Å². The number of hydrogen-bond acceptors (Lipinski definition) is 3. The molecule has 2 atom stereocenters. The van der Waals surface area contributed by atoms with E-state index >= 15 is 0 Å². The molecule has 2 saturated heterocycles. The predicted molar refractivity (Wildman–Crippen MR) is 78.4 cm³/mol. The van der Waals surface area contributed by atoms with Crippen LogP contribution in [0.5, 0.6) is 0 Å². The Morgan fingerprint density at radius 3 is 2.84 bits per heavy atom. The lowest BCUT2D eigenvalue weighted by Gasteiger charge is -2.36. The van der Waals surface area contributed by atoms with Gasteiger partial charge in [0.25, 0.3) is 0 Å². The molecule has 19 heavy (non-hydrogen) atoms. The molecule has 2 fully saturated rings. The minimum Gasteiger partial charge on any atom is -0.378 e. The van der Waals surface area contributed by atoms with Crippen molar-refractivity contribution < 1.29 is 9.47 Å². The van der Waals surface area contributed by atoms with E-state index in [0.717, 1.165) is 52.0 Å². The average Bonchev–Trinajstić information content (AvgIpc) is 2.75. The Morgan fingerprint density at radius 2 is 2.16 bits per heavy atom. The van der Waals surface area contributed by atoms with E-state index in [4.69, 9.17) is 9.47 Å². The molecule has 110 valence electrons. The summed E-state index contributed by atoms with van der Waals surface area (Å²) in [6.07, 6.45) is 9.20. The summed E-state index contributed by atoms with van der Waals surface area (Å²) < 4.78 is 11.5. The first-order valence-electron chi connectivity index (χ1n) is 7.63. The molecule has 0 aliphatic carbocycles. The molecule has 2 aliphatic heterocycles. The smallest absolute Gasteiger partial charge is 0.0942 e. The van der Waals surface area contributed by atoms with Crippen LogP contribution in [0.3, 0.4) is 0 Å². The minimum absolute atomic E-state index is 0.0386. The van der Waals surface area contributed by atoms with Crippen LogP contribution in [-0.2, 0) is 9.47 Å². The summed E-state index contributed by atoms with van der Waals surface area (Å²) in [6, 6.07) is 0. The summed E-state index contributed by atoms with van der Waals surface area (Å²) in [7, 11) is 0. The van der Waals surface area contributed by atoms with Crippen molar-refractivity contribution in [2.45, 2.75) is 57.6 Å². The molecule has 0 radical (unpaired) electrons. The van der Waals surface area contributed by atoms with E-state index in [9.17, 15) is 0 Å². The molecule has 1 N–H and O–H groups in total. The first-order chi connectivity index (χ1) is 8.99. The van der Waals surface area contributed by atoms with Gasteiger partial charge in [0, 0.05) is 25.2 Å². The zero-order valence-electron chi connectivity index (χ0n) is 12.7. The van der Waals surface area contributed by atoms with Gasteiger partial charge in [-0.3, -0.25) is 0 Å². The molecule has 0 saturated carbocycles. The Bertz CT molecular complexity index is 300. The third kappa shape index (κ3) is 4.90. The Kier molecular flexibility index (Phi) is 5.04. The highest BCUT2D eigenvalue weighted by Crippen LogP contribution is 2.36. The first-order valence-corrected chi connectivity index (χ1v) is 7.63. The van der Waals surface area contributed by atoms with E-state index in [-0.39, 0.29) is 11.1 Å². The predicted octanol–water partition coefficient (Wildman–Crippen LogP) is 2.91. The highest BCUT2D eigenvalue weighted by atomic mass is 16.6. The van der Waals surface area contributed by atoms with Crippen LogP contribution in [0.1, 0.15) is 46.5 Å². The lowest BCUT2D eigenvalue weighted by molar-refractivity contribution is -0.0910. The molecule has 1 spiro atoms. The van der Waals surface area contributed by atoms with Crippen LogP contribution >= 0.6 is 0 Å². The van der Waals surface area contributed by atoms with Crippen molar-refractivity contribution in [3.63, 3.8) is 0 Å². The molecule has 0 aromatic heterocycles. The van der Waals surface area contributed by atoms with E-state index in [1.54, 1.807) is 0 Å². The lowest BCUT2D eigenvalue weighted by Crippen LogP contribution is -2.39. The molecule has 3 heteroatoms. The maximum Gasteiger partial charge on any atom is 0.0942 e. The van der Waals surface area contributed by atoms with Crippen molar-refractivity contribution in [1.82, 2.24) is 5.32 Å². The van der Waals surface area contributed by atoms with Crippen LogP contribution in [0.4, 0.5) is 0 Å². The number of rotatable bonds is 4. The summed E-state index contributed by atoms with van der Waals surface area (Å²) in [5.41, 5.74) is 0.259. The molecular weight excluding hydrogens is 238 g/mol. The first kappa shape index (κ1) is 15.0. The maximum atomic E-state index is 5.96. The Balaban J connectivity index is 1.70. The molecule has 2 heterocycles. The third-order valence-electron chi connectivity index (χ3n) is 3.97. The monoisotopic (exact) mass is 267 g/mol. The summed E-state index contributed by atoms with van der Waals surface area (Å²) in [6.45, 7) is 10.2. The SMILES string of the molecule is CC(C)(C)NCCC=CC1CCOC2(CCOC2)C1. The summed E-state index contributed by atoms with van der Waals surface area (Å²) in [5.74, 6) is 0.671. The van der Waals surface area contributed by atoms with Gasteiger partial charge in [-0.25, -0.2) is 0 Å². The lowest BCUT2D eigenvalue weighted by atomic mass is 9.85. The highest BCUT2D eigenvalue weighted by molar-refractivity contribution is 4.98. The van der Waals surface area contributed by atoms with Gasteiger partial charge in [0.15, 0.2) is 0 Å². The van der Waals surface area contributed by atoms with Gasteiger partial charge >= 0.3 is 0 Å². The normalized spacial score (nSPS) is 32.5. The van der Waals surface area contributed by atoms with Gasteiger partial charge < -0.3 is 14.8 Å². The quantitative estimate of drug-likeness (QED) is 0.627. The molecule has 0 aromatic rings. The second-order valence-corrected chi connectivity index (χ2v) is 6.98. The van der Waals surface area contributed by atoms with Crippen molar-refractivity contribution in [3.05, 3.63) is 12.2 Å². The van der Waals surface area contributed by atoms with Crippen molar-refractivity contribution in [3.8, 4) is 0 Å². The van der Waals surface area contributed by atoms with Crippen molar-refractivity contribution in [1.29, 1.82) is 0 Å². The van der Waals surface area contributed by atoms with E-state index in [1.165, 1.54) is 0 Å². The van der Waals surface area contributed by atoms with Crippen LogP contribution in [0.25, 0.3) is 0 Å². The fourth-order valence-corrected chi connectivity index (χ4v) is 2.91. The van der Waals surface area contributed by atoms with Crippen molar-refractivity contribution in [2.75, 3.05) is 26.4 Å². The number of nitrogens with one attached hydrogen (secondary N) is 1. The average molecular weight is 267 g/mol. The number of ether oxygens (including phenoxy) is 2. The zero-order valence-corrected chi connectivity index (χ0v) is 12.7. The van der Waals surface area contributed by atoms with Crippen LogP contribution in [0, 0.1) is 5.92 Å². The third-order valence-corrected chi connectivity index (χ3v) is 3.97. The molecule has 3 nitrogen and oxygen atoms in total. The number of hydrogen-bond donors (Lipinski definition) is 1. The fraction of sp³-hybridized carbons (Fsp3) is 0.875. The van der Waals surface area contributed by atoms with Crippen LogP contribution in [-0.4, -0.2) is 37.5 Å². The maximum absolute atomic E-state index is 5.96.